The van der Waals surface area contributed by atoms with E-state index in [2.05, 4.69) is 241 Å². The van der Waals surface area contributed by atoms with E-state index in [-0.39, 0.29) is 0 Å². The molecule has 0 saturated heterocycles. The minimum absolute atomic E-state index is 1.11. The van der Waals surface area contributed by atoms with Crippen molar-refractivity contribution in [3.8, 4) is 44.5 Å². The zero-order valence-electron chi connectivity index (χ0n) is 33.9. The molecule has 12 aromatic rings. The number of thiophene rings is 1. The molecule has 0 unspecified atom stereocenters. The van der Waals surface area contributed by atoms with E-state index in [0.29, 0.717) is 0 Å². The summed E-state index contributed by atoms with van der Waals surface area (Å²) < 4.78 is 2.60. The van der Waals surface area contributed by atoms with E-state index in [0.717, 1.165) is 11.4 Å². The fourth-order valence-electron chi connectivity index (χ4n) is 9.39. The van der Waals surface area contributed by atoms with Crippen LogP contribution in [0.5, 0.6) is 0 Å². The highest BCUT2D eigenvalue weighted by Gasteiger charge is 2.20. The van der Waals surface area contributed by atoms with Crippen molar-refractivity contribution in [3.63, 3.8) is 0 Å². The lowest BCUT2D eigenvalue weighted by Crippen LogP contribution is -2.10. The Morgan fingerprint density at radius 3 is 1.56 bits per heavy atom. The van der Waals surface area contributed by atoms with Gasteiger partial charge in [0.2, 0.25) is 0 Å². The van der Waals surface area contributed by atoms with Gasteiger partial charge in [-0.05, 0) is 119 Å². The summed E-state index contributed by atoms with van der Waals surface area (Å²) in [7, 11) is 0. The second kappa shape index (κ2) is 15.0. The summed E-state index contributed by atoms with van der Waals surface area (Å²) in [6.07, 6.45) is 0. The summed E-state index contributed by atoms with van der Waals surface area (Å²) in [5, 5.41) is 10.2. The Labute approximate surface area is 365 Å². The van der Waals surface area contributed by atoms with Crippen molar-refractivity contribution in [2.75, 3.05) is 4.90 Å². The third-order valence-corrected chi connectivity index (χ3v) is 13.7. The molecule has 0 fully saturated rings. The molecule has 0 saturated carbocycles. The summed E-state index contributed by atoms with van der Waals surface area (Å²) in [5.74, 6) is 0. The molecule has 11 aromatic carbocycles. The highest BCUT2D eigenvalue weighted by atomic mass is 32.1. The Kier molecular flexibility index (Phi) is 8.76. The van der Waals surface area contributed by atoms with E-state index in [4.69, 9.17) is 0 Å². The molecule has 1 aromatic heterocycles. The first-order valence-corrected chi connectivity index (χ1v) is 22.1. The van der Waals surface area contributed by atoms with E-state index < -0.39 is 0 Å². The summed E-state index contributed by atoms with van der Waals surface area (Å²) in [4.78, 5) is 2.45. The first kappa shape index (κ1) is 36.1. The highest BCUT2D eigenvalue weighted by molar-refractivity contribution is 7.27. The molecular formula is C60H39NS. The molecule has 0 atom stereocenters. The van der Waals surface area contributed by atoms with Crippen molar-refractivity contribution in [2.24, 2.45) is 0 Å². The summed E-state index contributed by atoms with van der Waals surface area (Å²) in [5.41, 5.74) is 13.0. The number of fused-ring (bicyclic) bond motifs is 8. The van der Waals surface area contributed by atoms with Crippen molar-refractivity contribution in [1.82, 2.24) is 0 Å². The average Bonchev–Trinajstić information content (AvgIpc) is 3.75. The lowest BCUT2D eigenvalue weighted by Gasteiger charge is -2.27. The molecule has 62 heavy (non-hydrogen) atoms. The smallest absolute Gasteiger partial charge is 0.0640 e. The van der Waals surface area contributed by atoms with Crippen LogP contribution in [-0.2, 0) is 0 Å². The first-order valence-electron chi connectivity index (χ1n) is 21.2. The van der Waals surface area contributed by atoms with E-state index in [1.807, 2.05) is 11.3 Å². The van der Waals surface area contributed by atoms with E-state index in [1.165, 1.54) is 103 Å². The molecule has 12 rings (SSSR count). The molecule has 0 amide bonds. The fourth-order valence-corrected chi connectivity index (χ4v) is 10.7. The average molecular weight is 806 g/mol. The Balaban J connectivity index is 0.990. The van der Waals surface area contributed by atoms with Gasteiger partial charge in [-0.2, -0.15) is 0 Å². The van der Waals surface area contributed by atoms with Crippen molar-refractivity contribution in [1.29, 1.82) is 0 Å². The molecular weight excluding hydrogens is 767 g/mol. The predicted octanol–water partition coefficient (Wildman–Crippen LogP) is 17.7. The third kappa shape index (κ3) is 6.24. The van der Waals surface area contributed by atoms with Gasteiger partial charge in [0.15, 0.2) is 0 Å². The standard InChI is InChI=1S/C60H39NS/c1-2-13-40(14-3-1)41-27-29-42(30-28-41)43-31-34-49(35-32-43)61(58-26-12-25-55-56-36-33-44-15-4-7-22-52(44)59(56)62-60(55)58)50-20-11-18-46(38-50)45-17-10-19-47(37-45)57-39-48-16-5-6-21-51(48)53-23-8-9-24-54(53)57/h1-39H. The Hall–Kier alpha value is -7.78. The summed E-state index contributed by atoms with van der Waals surface area (Å²) in [6, 6.07) is 86.6. The second-order valence-corrected chi connectivity index (χ2v) is 17.1. The van der Waals surface area contributed by atoms with Crippen molar-refractivity contribution < 1.29 is 0 Å². The molecule has 0 aliphatic carbocycles. The minimum Gasteiger partial charge on any atom is -0.309 e. The molecule has 0 radical (unpaired) electrons. The van der Waals surface area contributed by atoms with Crippen LogP contribution >= 0.6 is 11.3 Å². The number of hydrogen-bond acceptors (Lipinski definition) is 2. The van der Waals surface area contributed by atoms with Gasteiger partial charge < -0.3 is 4.90 Å². The summed E-state index contributed by atoms with van der Waals surface area (Å²) >= 11 is 1.89. The molecule has 0 aliphatic heterocycles. The maximum Gasteiger partial charge on any atom is 0.0640 e. The highest BCUT2D eigenvalue weighted by Crippen LogP contribution is 2.47. The van der Waals surface area contributed by atoms with Crippen LogP contribution in [0.4, 0.5) is 17.1 Å². The van der Waals surface area contributed by atoms with Crippen molar-refractivity contribution in [2.45, 2.75) is 0 Å². The van der Waals surface area contributed by atoms with Gasteiger partial charge in [-0.15, -0.1) is 11.3 Å². The Morgan fingerprint density at radius 1 is 0.258 bits per heavy atom. The fraction of sp³-hybridized carbons (Fsp3) is 0. The number of nitrogens with zero attached hydrogens (tertiary/aromatic N) is 1. The second-order valence-electron chi connectivity index (χ2n) is 16.1. The number of hydrogen-bond donors (Lipinski definition) is 0. The lowest BCUT2D eigenvalue weighted by molar-refractivity contribution is 1.30. The largest absolute Gasteiger partial charge is 0.309 e. The first-order chi connectivity index (χ1) is 30.7. The number of rotatable bonds is 7. The van der Waals surface area contributed by atoms with Gasteiger partial charge >= 0.3 is 0 Å². The van der Waals surface area contributed by atoms with Crippen LogP contribution in [0, 0.1) is 0 Å². The van der Waals surface area contributed by atoms with Gasteiger partial charge in [-0.3, -0.25) is 0 Å². The minimum atomic E-state index is 1.11. The molecule has 290 valence electrons. The van der Waals surface area contributed by atoms with Crippen LogP contribution in [0.3, 0.4) is 0 Å². The van der Waals surface area contributed by atoms with E-state index in [9.17, 15) is 0 Å². The van der Waals surface area contributed by atoms with Crippen LogP contribution in [0.2, 0.25) is 0 Å². The Morgan fingerprint density at radius 2 is 0.790 bits per heavy atom. The predicted molar refractivity (Wildman–Crippen MR) is 268 cm³/mol. The van der Waals surface area contributed by atoms with Gasteiger partial charge in [0.05, 0.1) is 10.4 Å². The zero-order valence-corrected chi connectivity index (χ0v) is 34.7. The molecule has 2 heteroatoms. The molecule has 0 bridgehead atoms. The van der Waals surface area contributed by atoms with Gasteiger partial charge in [-0.1, -0.05) is 194 Å². The van der Waals surface area contributed by atoms with Crippen molar-refractivity contribution >= 4 is 80.9 Å². The van der Waals surface area contributed by atoms with Crippen LogP contribution in [-0.4, -0.2) is 0 Å². The van der Waals surface area contributed by atoms with Gasteiger partial charge in [0.1, 0.15) is 0 Å². The molecule has 0 spiro atoms. The Bertz CT molecular complexity index is 3620. The van der Waals surface area contributed by atoms with Gasteiger partial charge in [-0.25, -0.2) is 0 Å². The topological polar surface area (TPSA) is 3.24 Å². The van der Waals surface area contributed by atoms with Crippen LogP contribution in [0.1, 0.15) is 0 Å². The van der Waals surface area contributed by atoms with Crippen LogP contribution in [0.25, 0.3) is 97.0 Å². The van der Waals surface area contributed by atoms with Crippen LogP contribution < -0.4 is 4.90 Å². The number of anilines is 3. The molecule has 0 aliphatic rings. The quantitative estimate of drug-likeness (QED) is 0.145. The van der Waals surface area contributed by atoms with Gasteiger partial charge in [0.25, 0.3) is 0 Å². The number of benzene rings is 11. The molecule has 1 heterocycles. The monoisotopic (exact) mass is 805 g/mol. The lowest BCUT2D eigenvalue weighted by atomic mass is 9.92. The van der Waals surface area contributed by atoms with Crippen molar-refractivity contribution in [3.05, 3.63) is 237 Å². The maximum absolute atomic E-state index is 2.45. The maximum atomic E-state index is 2.45. The van der Waals surface area contributed by atoms with E-state index >= 15 is 0 Å². The zero-order chi connectivity index (χ0) is 41.0. The summed E-state index contributed by atoms with van der Waals surface area (Å²) in [6.45, 7) is 0. The molecule has 1 nitrogen and oxygen atoms in total. The van der Waals surface area contributed by atoms with E-state index in [1.54, 1.807) is 0 Å². The van der Waals surface area contributed by atoms with Crippen LogP contribution in [0.15, 0.2) is 237 Å². The molecule has 0 N–H and O–H groups in total. The van der Waals surface area contributed by atoms with Gasteiger partial charge in [0, 0.05) is 26.8 Å². The third-order valence-electron chi connectivity index (χ3n) is 12.4. The SMILES string of the molecule is c1ccc(-c2ccc(-c3ccc(N(c4cccc(-c5cccc(-c6cc7ccccc7c7ccccc67)c5)c4)c4cccc5c4sc4c6ccccc6ccc54)cc3)cc2)cc1. The normalized spacial score (nSPS) is 11.5.